The minimum atomic E-state index is -0.693. The van der Waals surface area contributed by atoms with Gasteiger partial charge in [0.05, 0.1) is 18.4 Å². The third-order valence-corrected chi connectivity index (χ3v) is 5.10. The quantitative estimate of drug-likeness (QED) is 0.717. The van der Waals surface area contributed by atoms with Crippen molar-refractivity contribution in [2.75, 3.05) is 20.2 Å². The molecule has 2 aromatic carbocycles. The molecule has 0 saturated carbocycles. The molecule has 1 saturated heterocycles. The summed E-state index contributed by atoms with van der Waals surface area (Å²) < 4.78 is 0. The zero-order valence-corrected chi connectivity index (χ0v) is 17.5. The number of likely N-dealkylation sites (tertiary alicyclic amines) is 1. The molecular weight excluding hydrogens is 382 g/mol. The first-order valence-electron chi connectivity index (χ1n) is 9.92. The molecule has 7 nitrogen and oxygen atoms in total. The number of amides is 2. The first-order chi connectivity index (χ1) is 14.4. The van der Waals surface area contributed by atoms with Gasteiger partial charge in [0.1, 0.15) is 13.2 Å². The summed E-state index contributed by atoms with van der Waals surface area (Å²) in [4.78, 5) is 32.1. The summed E-state index contributed by atoms with van der Waals surface area (Å²) >= 11 is 0. The summed E-state index contributed by atoms with van der Waals surface area (Å²) in [6.07, 6.45) is -0.368. The van der Waals surface area contributed by atoms with Crippen LogP contribution in [0, 0.1) is 6.92 Å². The Morgan fingerprint density at radius 3 is 2.57 bits per heavy atom. The highest BCUT2D eigenvalue weighted by atomic mass is 16.6. The van der Waals surface area contributed by atoms with Gasteiger partial charge >= 0.3 is 0 Å². The van der Waals surface area contributed by atoms with Crippen LogP contribution in [0.15, 0.2) is 53.7 Å². The van der Waals surface area contributed by atoms with Crippen molar-refractivity contribution in [2.24, 2.45) is 5.16 Å². The van der Waals surface area contributed by atoms with Gasteiger partial charge in [0, 0.05) is 18.5 Å². The standard InChI is InChI=1S/C23H27N3O4/c1-15-6-4-5-7-20(15)17-8-10-18(11-9-17)23(29)26-14-19(25-30-3)12-21(26)22(28)24-13-16(2)27/h4-11,16,21,27H,12-14H2,1-3H3,(H,24,28)/t16?,21-/m0/s1. The number of nitrogens with one attached hydrogen (secondary N) is 1. The van der Waals surface area contributed by atoms with Gasteiger partial charge < -0.3 is 20.2 Å². The zero-order chi connectivity index (χ0) is 21.7. The highest BCUT2D eigenvalue weighted by molar-refractivity contribution is 6.05. The molecule has 0 aromatic heterocycles. The maximum Gasteiger partial charge on any atom is 0.254 e. The summed E-state index contributed by atoms with van der Waals surface area (Å²) in [6, 6.07) is 14.8. The fourth-order valence-corrected chi connectivity index (χ4v) is 3.57. The zero-order valence-electron chi connectivity index (χ0n) is 17.5. The second-order valence-corrected chi connectivity index (χ2v) is 7.48. The number of hydrogen-bond acceptors (Lipinski definition) is 5. The van der Waals surface area contributed by atoms with Crippen molar-refractivity contribution in [3.05, 3.63) is 59.7 Å². The minimum Gasteiger partial charge on any atom is -0.399 e. The number of rotatable bonds is 6. The highest BCUT2D eigenvalue weighted by Gasteiger charge is 2.38. The third-order valence-electron chi connectivity index (χ3n) is 5.10. The number of carbonyl (C=O) groups is 2. The number of benzene rings is 2. The lowest BCUT2D eigenvalue weighted by Crippen LogP contribution is -2.47. The normalized spacial score (nSPS) is 18.3. The average molecular weight is 409 g/mol. The molecule has 2 N–H and O–H groups in total. The maximum atomic E-state index is 13.2. The fraction of sp³-hybridized carbons (Fsp3) is 0.348. The van der Waals surface area contributed by atoms with Crippen molar-refractivity contribution in [3.63, 3.8) is 0 Å². The summed E-state index contributed by atoms with van der Waals surface area (Å²) in [5.74, 6) is -0.563. The lowest BCUT2D eigenvalue weighted by atomic mass is 9.99. The van der Waals surface area contributed by atoms with Gasteiger partial charge in [0.15, 0.2) is 0 Å². The summed E-state index contributed by atoms with van der Waals surface area (Å²) in [5.41, 5.74) is 4.42. The van der Waals surface area contributed by atoms with E-state index in [1.54, 1.807) is 19.1 Å². The molecular formula is C23H27N3O4. The number of nitrogens with zero attached hydrogens (tertiary/aromatic N) is 2. The maximum absolute atomic E-state index is 13.2. The Hall–Kier alpha value is -3.19. The van der Waals surface area contributed by atoms with E-state index < -0.39 is 12.1 Å². The Morgan fingerprint density at radius 1 is 1.23 bits per heavy atom. The molecule has 2 amide bonds. The van der Waals surface area contributed by atoms with Crippen LogP contribution in [0.2, 0.25) is 0 Å². The van der Waals surface area contributed by atoms with E-state index in [-0.39, 0.29) is 24.9 Å². The molecule has 2 aromatic rings. The Labute approximate surface area is 176 Å². The topological polar surface area (TPSA) is 91.2 Å². The minimum absolute atomic E-state index is 0.124. The van der Waals surface area contributed by atoms with E-state index in [4.69, 9.17) is 4.84 Å². The molecule has 0 spiro atoms. The van der Waals surface area contributed by atoms with Gasteiger partial charge in [-0.1, -0.05) is 41.6 Å². The molecule has 1 aliphatic heterocycles. The number of aliphatic hydroxyl groups excluding tert-OH is 1. The van der Waals surface area contributed by atoms with E-state index in [2.05, 4.69) is 10.5 Å². The van der Waals surface area contributed by atoms with E-state index >= 15 is 0 Å². The largest absolute Gasteiger partial charge is 0.399 e. The van der Waals surface area contributed by atoms with Gasteiger partial charge in [-0.2, -0.15) is 0 Å². The van der Waals surface area contributed by atoms with Crippen molar-refractivity contribution in [2.45, 2.75) is 32.4 Å². The molecule has 7 heteroatoms. The van der Waals surface area contributed by atoms with Crippen molar-refractivity contribution >= 4 is 17.5 Å². The van der Waals surface area contributed by atoms with E-state index in [0.29, 0.717) is 17.7 Å². The van der Waals surface area contributed by atoms with Crippen LogP contribution in [-0.4, -0.2) is 59.9 Å². The highest BCUT2D eigenvalue weighted by Crippen LogP contribution is 2.25. The molecule has 2 atom stereocenters. The first kappa shape index (κ1) is 21.5. The van der Waals surface area contributed by atoms with Crippen LogP contribution < -0.4 is 5.32 Å². The van der Waals surface area contributed by atoms with E-state index in [9.17, 15) is 14.7 Å². The van der Waals surface area contributed by atoms with Crippen molar-refractivity contribution in [1.82, 2.24) is 10.2 Å². The molecule has 1 heterocycles. The van der Waals surface area contributed by atoms with Gasteiger partial charge in [-0.05, 0) is 42.7 Å². The molecule has 158 valence electrons. The van der Waals surface area contributed by atoms with Crippen LogP contribution in [0.5, 0.6) is 0 Å². The molecule has 1 fully saturated rings. The predicted molar refractivity (Wildman–Crippen MR) is 115 cm³/mol. The lowest BCUT2D eigenvalue weighted by molar-refractivity contribution is -0.125. The van der Waals surface area contributed by atoms with Crippen LogP contribution in [0.1, 0.15) is 29.3 Å². The van der Waals surface area contributed by atoms with Gasteiger partial charge in [0.2, 0.25) is 5.91 Å². The number of oxime groups is 1. The summed E-state index contributed by atoms with van der Waals surface area (Å²) in [6.45, 7) is 3.98. The van der Waals surface area contributed by atoms with E-state index in [1.807, 2.05) is 43.3 Å². The summed E-state index contributed by atoms with van der Waals surface area (Å²) in [5, 5.41) is 16.0. The Morgan fingerprint density at radius 2 is 1.93 bits per heavy atom. The lowest BCUT2D eigenvalue weighted by Gasteiger charge is -2.23. The van der Waals surface area contributed by atoms with Gasteiger partial charge in [-0.15, -0.1) is 0 Å². The van der Waals surface area contributed by atoms with Gasteiger partial charge in [-0.25, -0.2) is 0 Å². The van der Waals surface area contributed by atoms with E-state index in [0.717, 1.165) is 16.7 Å². The number of carbonyl (C=O) groups excluding carboxylic acids is 2. The number of aliphatic hydroxyl groups is 1. The third kappa shape index (κ3) is 4.86. The molecule has 0 radical (unpaired) electrons. The second kappa shape index (κ2) is 9.54. The fourth-order valence-electron chi connectivity index (χ4n) is 3.57. The van der Waals surface area contributed by atoms with Crippen LogP contribution in [-0.2, 0) is 9.63 Å². The van der Waals surface area contributed by atoms with Crippen molar-refractivity contribution in [1.29, 1.82) is 0 Å². The smallest absolute Gasteiger partial charge is 0.254 e. The average Bonchev–Trinajstić information content (AvgIpc) is 3.16. The van der Waals surface area contributed by atoms with Gasteiger partial charge in [0.25, 0.3) is 5.91 Å². The Kier molecular flexibility index (Phi) is 6.84. The molecule has 30 heavy (non-hydrogen) atoms. The Bertz CT molecular complexity index is 938. The summed E-state index contributed by atoms with van der Waals surface area (Å²) in [7, 11) is 1.43. The second-order valence-electron chi connectivity index (χ2n) is 7.48. The SMILES string of the molecule is CON=C1C[C@@H](C(=O)NCC(C)O)N(C(=O)c2ccc(-c3ccccc3C)cc2)C1. The van der Waals surface area contributed by atoms with Gasteiger partial charge in [-0.3, -0.25) is 9.59 Å². The van der Waals surface area contributed by atoms with Crippen LogP contribution >= 0.6 is 0 Å². The molecule has 1 unspecified atom stereocenters. The predicted octanol–water partition coefficient (Wildman–Crippen LogP) is 2.38. The van der Waals surface area contributed by atoms with Crippen LogP contribution in [0.4, 0.5) is 0 Å². The number of aryl methyl sites for hydroxylation is 1. The Balaban J connectivity index is 1.81. The first-order valence-corrected chi connectivity index (χ1v) is 9.92. The van der Waals surface area contributed by atoms with Crippen molar-refractivity contribution in [3.8, 4) is 11.1 Å². The van der Waals surface area contributed by atoms with Crippen LogP contribution in [0.3, 0.4) is 0 Å². The molecule has 3 rings (SSSR count). The molecule has 0 aliphatic carbocycles. The van der Waals surface area contributed by atoms with E-state index in [1.165, 1.54) is 12.0 Å². The van der Waals surface area contributed by atoms with Crippen molar-refractivity contribution < 1.29 is 19.5 Å². The molecule has 0 bridgehead atoms. The monoisotopic (exact) mass is 409 g/mol. The molecule has 1 aliphatic rings. The number of hydrogen-bond donors (Lipinski definition) is 2. The van der Waals surface area contributed by atoms with Crippen LogP contribution in [0.25, 0.3) is 11.1 Å².